The van der Waals surface area contributed by atoms with Crippen molar-refractivity contribution >= 4 is 16.7 Å². The maximum Gasteiger partial charge on any atom is 0.155 e. The van der Waals surface area contributed by atoms with Crippen LogP contribution in [-0.4, -0.2) is 14.4 Å². The third kappa shape index (κ3) is 0.580. The molecule has 1 N–H and O–H groups in total. The van der Waals surface area contributed by atoms with Gasteiger partial charge in [-0.25, -0.2) is 4.98 Å². The van der Waals surface area contributed by atoms with Crippen LogP contribution in [0.2, 0.25) is 0 Å². The van der Waals surface area contributed by atoms with Crippen molar-refractivity contribution in [3.05, 3.63) is 36.8 Å². The molecule has 0 aliphatic rings. The Balaban J connectivity index is 2.71. The Labute approximate surface area is 68.7 Å². The fourth-order valence-corrected chi connectivity index (χ4v) is 1.43. The zero-order valence-electron chi connectivity index (χ0n) is 6.28. The van der Waals surface area contributed by atoms with Crippen molar-refractivity contribution in [1.29, 1.82) is 0 Å². The lowest BCUT2D eigenvalue weighted by atomic mass is 10.5. The molecule has 3 heterocycles. The zero-order chi connectivity index (χ0) is 7.97. The molecule has 0 spiro atoms. The molecule has 0 amide bonds. The second kappa shape index (κ2) is 1.88. The molecule has 0 saturated carbocycles. The maximum absolute atomic E-state index is 4.23. The molecule has 0 saturated heterocycles. The van der Waals surface area contributed by atoms with Crippen LogP contribution < -0.4 is 0 Å². The quantitative estimate of drug-likeness (QED) is 0.527. The molecule has 3 aromatic rings. The number of aromatic nitrogens is 3. The number of nitrogens with one attached hydrogen (secondary N) is 1. The molecule has 57 valence electrons. The van der Waals surface area contributed by atoms with Gasteiger partial charge in [0.05, 0.1) is 17.2 Å². The summed E-state index contributed by atoms with van der Waals surface area (Å²) in [5.41, 5.74) is 2.97. The number of hydrogen-bond acceptors (Lipinski definition) is 1. The fraction of sp³-hybridized carbons (Fsp3) is 0. The van der Waals surface area contributed by atoms with Gasteiger partial charge in [0, 0.05) is 18.5 Å². The van der Waals surface area contributed by atoms with Crippen LogP contribution in [0.15, 0.2) is 30.7 Å². The van der Waals surface area contributed by atoms with Gasteiger partial charge in [0.2, 0.25) is 0 Å². The van der Waals surface area contributed by atoms with Gasteiger partial charge >= 0.3 is 0 Å². The van der Waals surface area contributed by atoms with Crippen LogP contribution in [0, 0.1) is 6.07 Å². The number of hydrogen-bond donors (Lipinski definition) is 1. The highest BCUT2D eigenvalue weighted by atomic mass is 15.0. The minimum Gasteiger partial charge on any atom is -0.344 e. The molecule has 0 aliphatic heterocycles. The summed E-state index contributed by atoms with van der Waals surface area (Å²) in [6.45, 7) is 0. The molecule has 0 unspecified atom stereocenters. The van der Waals surface area contributed by atoms with E-state index in [9.17, 15) is 0 Å². The first kappa shape index (κ1) is 5.83. The molecule has 0 atom stereocenters. The van der Waals surface area contributed by atoms with Crippen molar-refractivity contribution in [3.63, 3.8) is 0 Å². The molecule has 3 rings (SSSR count). The van der Waals surface area contributed by atoms with Crippen molar-refractivity contribution in [3.8, 4) is 0 Å². The molecular weight excluding hydrogens is 150 g/mol. The van der Waals surface area contributed by atoms with Gasteiger partial charge in [0.1, 0.15) is 0 Å². The highest BCUT2D eigenvalue weighted by Gasteiger charge is 1.99. The number of H-pyrrole nitrogens is 1. The smallest absolute Gasteiger partial charge is 0.155 e. The molecule has 3 nitrogen and oxygen atoms in total. The Bertz CT molecular complexity index is 483. The summed E-state index contributed by atoms with van der Waals surface area (Å²) in [6, 6.07) is 7.11. The van der Waals surface area contributed by atoms with Crippen molar-refractivity contribution in [2.75, 3.05) is 0 Å². The van der Waals surface area contributed by atoms with Gasteiger partial charge in [-0.3, -0.25) is 0 Å². The van der Waals surface area contributed by atoms with Gasteiger partial charge < -0.3 is 9.38 Å². The summed E-state index contributed by atoms with van der Waals surface area (Å²) < 4.78 is 2.05. The van der Waals surface area contributed by atoms with Crippen LogP contribution in [-0.2, 0) is 0 Å². The maximum atomic E-state index is 4.23. The van der Waals surface area contributed by atoms with E-state index >= 15 is 0 Å². The van der Waals surface area contributed by atoms with E-state index in [1.165, 1.54) is 0 Å². The molecular formula is C9H6N3. The fourth-order valence-electron chi connectivity index (χ4n) is 1.43. The Morgan fingerprint density at radius 1 is 1.50 bits per heavy atom. The first-order valence-electron chi connectivity index (χ1n) is 3.76. The Hall–Kier alpha value is -1.77. The monoisotopic (exact) mass is 156 g/mol. The highest BCUT2D eigenvalue weighted by Crippen LogP contribution is 2.12. The molecule has 0 aromatic carbocycles. The SMILES string of the molecule is [c]1c[nH]c2ncc3cccn3c12. The second-order valence-corrected chi connectivity index (χ2v) is 2.69. The lowest BCUT2D eigenvalue weighted by Gasteiger charge is -1.94. The first-order chi connectivity index (χ1) is 5.95. The molecule has 12 heavy (non-hydrogen) atoms. The van der Waals surface area contributed by atoms with Gasteiger partial charge in [0.25, 0.3) is 0 Å². The van der Waals surface area contributed by atoms with Crippen molar-refractivity contribution in [2.45, 2.75) is 0 Å². The molecule has 3 aromatic heterocycles. The first-order valence-corrected chi connectivity index (χ1v) is 3.76. The Morgan fingerprint density at radius 2 is 2.50 bits per heavy atom. The summed E-state index contributed by atoms with van der Waals surface area (Å²) >= 11 is 0. The number of fused-ring (bicyclic) bond motifs is 3. The van der Waals surface area contributed by atoms with Crippen LogP contribution in [0.4, 0.5) is 0 Å². The molecule has 0 aliphatic carbocycles. The van der Waals surface area contributed by atoms with Crippen molar-refractivity contribution in [2.24, 2.45) is 0 Å². The standard InChI is InChI=1S/C9H6N3/c1-2-7-6-11-9-8(3-4-10-9)12(7)5-1/h1-2,4-6,10H. The van der Waals surface area contributed by atoms with Gasteiger partial charge in [-0.2, -0.15) is 0 Å². The third-order valence-corrected chi connectivity index (χ3v) is 1.99. The van der Waals surface area contributed by atoms with E-state index in [2.05, 4.69) is 20.4 Å². The summed E-state index contributed by atoms with van der Waals surface area (Å²) in [7, 11) is 0. The minimum absolute atomic E-state index is 0.874. The summed E-state index contributed by atoms with van der Waals surface area (Å²) in [4.78, 5) is 7.25. The lowest BCUT2D eigenvalue weighted by molar-refractivity contribution is 1.22. The second-order valence-electron chi connectivity index (χ2n) is 2.69. The number of aromatic amines is 1. The van der Waals surface area contributed by atoms with Gasteiger partial charge in [-0.1, -0.05) is 0 Å². The van der Waals surface area contributed by atoms with E-state index < -0.39 is 0 Å². The van der Waals surface area contributed by atoms with E-state index in [1.54, 1.807) is 6.20 Å². The van der Waals surface area contributed by atoms with Crippen molar-refractivity contribution in [1.82, 2.24) is 14.4 Å². The van der Waals surface area contributed by atoms with Gasteiger partial charge in [0.15, 0.2) is 5.65 Å². The van der Waals surface area contributed by atoms with E-state index in [-0.39, 0.29) is 0 Å². The molecule has 0 bridgehead atoms. The van der Waals surface area contributed by atoms with E-state index in [0.717, 1.165) is 16.7 Å². The normalized spacial score (nSPS) is 11.3. The number of rotatable bonds is 0. The van der Waals surface area contributed by atoms with Crippen LogP contribution >= 0.6 is 0 Å². The Kier molecular flexibility index (Phi) is 0.913. The van der Waals surface area contributed by atoms with E-state index in [0.29, 0.717) is 0 Å². The topological polar surface area (TPSA) is 33.1 Å². The van der Waals surface area contributed by atoms with E-state index in [4.69, 9.17) is 0 Å². The zero-order valence-corrected chi connectivity index (χ0v) is 6.28. The average Bonchev–Trinajstić information content (AvgIpc) is 2.71. The highest BCUT2D eigenvalue weighted by molar-refractivity contribution is 5.74. The summed E-state index contributed by atoms with van der Waals surface area (Å²) in [6.07, 6.45) is 5.62. The van der Waals surface area contributed by atoms with E-state index in [1.807, 2.05) is 24.5 Å². The minimum atomic E-state index is 0.874. The summed E-state index contributed by atoms with van der Waals surface area (Å²) in [5, 5.41) is 0. The number of nitrogens with zero attached hydrogens (tertiary/aromatic N) is 2. The largest absolute Gasteiger partial charge is 0.344 e. The molecule has 0 fully saturated rings. The van der Waals surface area contributed by atoms with Crippen LogP contribution in [0.3, 0.4) is 0 Å². The molecule has 1 radical (unpaired) electrons. The predicted molar refractivity (Wildman–Crippen MR) is 45.9 cm³/mol. The third-order valence-electron chi connectivity index (χ3n) is 1.99. The van der Waals surface area contributed by atoms with Crippen LogP contribution in [0.25, 0.3) is 16.7 Å². The van der Waals surface area contributed by atoms with Crippen LogP contribution in [0.1, 0.15) is 0 Å². The van der Waals surface area contributed by atoms with Gasteiger partial charge in [-0.15, -0.1) is 0 Å². The average molecular weight is 156 g/mol. The predicted octanol–water partition coefficient (Wildman–Crippen LogP) is 1.62. The Morgan fingerprint density at radius 3 is 3.50 bits per heavy atom. The van der Waals surface area contributed by atoms with Crippen LogP contribution in [0.5, 0.6) is 0 Å². The van der Waals surface area contributed by atoms with Gasteiger partial charge in [-0.05, 0) is 12.1 Å². The lowest BCUT2D eigenvalue weighted by Crippen LogP contribution is -1.85. The molecule has 3 heteroatoms. The van der Waals surface area contributed by atoms with Crippen molar-refractivity contribution < 1.29 is 0 Å². The summed E-state index contributed by atoms with van der Waals surface area (Å²) in [5.74, 6) is 0.